The molecule has 2 amide bonds. The second kappa shape index (κ2) is 5.50. The van der Waals surface area contributed by atoms with E-state index < -0.39 is 0 Å². The van der Waals surface area contributed by atoms with Crippen molar-refractivity contribution in [3.63, 3.8) is 0 Å². The largest absolute Gasteiger partial charge is 0.380 e. The molecule has 2 heterocycles. The lowest BCUT2D eigenvalue weighted by molar-refractivity contribution is 0.252. The number of nitrogens with zero attached hydrogens (tertiary/aromatic N) is 2. The monoisotopic (exact) mass is 288 g/mol. The number of nitrogens with one attached hydrogen (secondary N) is 2. The van der Waals surface area contributed by atoms with Crippen LogP contribution in [0.15, 0.2) is 30.5 Å². The Morgan fingerprint density at radius 1 is 1.50 bits per heavy atom. The van der Waals surface area contributed by atoms with Crippen molar-refractivity contribution in [2.24, 2.45) is 0 Å². The second-order valence-electron chi connectivity index (χ2n) is 4.63. The normalized spacial score (nSPS) is 14.4. The van der Waals surface area contributed by atoms with Gasteiger partial charge in [-0.2, -0.15) is 0 Å². The number of benzene rings is 1. The molecule has 1 saturated heterocycles. The third-order valence-corrected chi connectivity index (χ3v) is 4.06. The number of urea groups is 1. The molecule has 1 aromatic heterocycles. The van der Waals surface area contributed by atoms with Gasteiger partial charge in [-0.15, -0.1) is 11.3 Å². The van der Waals surface area contributed by atoms with Crippen LogP contribution >= 0.6 is 11.3 Å². The van der Waals surface area contributed by atoms with Crippen LogP contribution in [0.5, 0.6) is 0 Å². The summed E-state index contributed by atoms with van der Waals surface area (Å²) < 4.78 is 0. The number of hydrogen-bond acceptors (Lipinski definition) is 4. The third-order valence-electron chi connectivity index (χ3n) is 3.15. The summed E-state index contributed by atoms with van der Waals surface area (Å²) in [5.74, 6) is 0. The van der Waals surface area contributed by atoms with E-state index in [4.69, 9.17) is 0 Å². The summed E-state index contributed by atoms with van der Waals surface area (Å²) in [6.07, 6.45) is 1.89. The molecule has 1 aromatic carbocycles. The topological polar surface area (TPSA) is 57.3 Å². The van der Waals surface area contributed by atoms with Gasteiger partial charge in [0.1, 0.15) is 0 Å². The molecule has 0 aliphatic carbocycles. The van der Waals surface area contributed by atoms with Crippen LogP contribution in [0.3, 0.4) is 0 Å². The Morgan fingerprint density at radius 2 is 2.40 bits per heavy atom. The molecule has 0 radical (unpaired) electrons. The molecule has 0 unspecified atom stereocenters. The molecule has 2 N–H and O–H groups in total. The minimum absolute atomic E-state index is 0.0276. The zero-order chi connectivity index (χ0) is 13.9. The van der Waals surface area contributed by atoms with E-state index in [2.05, 4.69) is 15.6 Å². The minimum Gasteiger partial charge on any atom is -0.380 e. The zero-order valence-electron chi connectivity index (χ0n) is 11.2. The van der Waals surface area contributed by atoms with Crippen LogP contribution in [0.4, 0.5) is 16.2 Å². The lowest BCUT2D eigenvalue weighted by Gasteiger charge is -2.15. The van der Waals surface area contributed by atoms with Gasteiger partial charge in [-0.05, 0) is 25.1 Å². The second-order valence-corrected chi connectivity index (χ2v) is 5.95. The lowest BCUT2D eigenvalue weighted by Crippen LogP contribution is -2.27. The molecule has 0 atom stereocenters. The van der Waals surface area contributed by atoms with Gasteiger partial charge in [0.05, 0.1) is 11.6 Å². The fourth-order valence-corrected chi connectivity index (χ4v) is 2.91. The van der Waals surface area contributed by atoms with Gasteiger partial charge in [0, 0.05) is 35.5 Å². The zero-order valence-corrected chi connectivity index (χ0v) is 12.0. The molecule has 1 aliphatic rings. The number of carbonyl (C=O) groups excluding carboxylic acids is 1. The Bertz CT molecular complexity index is 625. The van der Waals surface area contributed by atoms with Crippen molar-refractivity contribution in [2.75, 3.05) is 23.3 Å². The van der Waals surface area contributed by atoms with E-state index in [-0.39, 0.29) is 6.03 Å². The first-order valence-electron chi connectivity index (χ1n) is 6.53. The molecule has 104 valence electrons. The summed E-state index contributed by atoms with van der Waals surface area (Å²) in [6, 6.07) is 7.89. The number of thiazole rings is 1. The molecular formula is C14H16N4OS. The third kappa shape index (κ3) is 2.75. The van der Waals surface area contributed by atoms with E-state index in [9.17, 15) is 4.79 Å². The lowest BCUT2D eigenvalue weighted by atomic mass is 10.2. The van der Waals surface area contributed by atoms with Gasteiger partial charge in [0.25, 0.3) is 0 Å². The van der Waals surface area contributed by atoms with Gasteiger partial charge in [0.15, 0.2) is 0 Å². The highest BCUT2D eigenvalue weighted by Crippen LogP contribution is 2.22. The summed E-state index contributed by atoms with van der Waals surface area (Å²) in [7, 11) is 0. The molecular weight excluding hydrogens is 272 g/mol. The van der Waals surface area contributed by atoms with Crippen LogP contribution in [0.1, 0.15) is 9.88 Å². The molecule has 6 heteroatoms. The number of carbonyl (C=O) groups is 1. The van der Waals surface area contributed by atoms with Crippen molar-refractivity contribution in [2.45, 2.75) is 13.5 Å². The Morgan fingerprint density at radius 3 is 3.10 bits per heavy atom. The number of amides is 2. The number of aryl methyl sites for hydroxylation is 1. The Kier molecular flexibility index (Phi) is 3.56. The maximum atomic E-state index is 11.7. The quantitative estimate of drug-likeness (QED) is 0.909. The number of anilines is 2. The maximum absolute atomic E-state index is 11.7. The van der Waals surface area contributed by atoms with Crippen LogP contribution in [0.25, 0.3) is 0 Å². The van der Waals surface area contributed by atoms with Crippen molar-refractivity contribution < 1.29 is 4.79 Å². The molecule has 2 aromatic rings. The predicted octanol–water partition coefficient (Wildman–Crippen LogP) is 2.59. The average Bonchev–Trinajstić information content (AvgIpc) is 3.05. The maximum Gasteiger partial charge on any atom is 0.321 e. The fraction of sp³-hybridized carbons (Fsp3) is 0.286. The first-order chi connectivity index (χ1) is 9.72. The average molecular weight is 288 g/mol. The van der Waals surface area contributed by atoms with Crippen LogP contribution < -0.4 is 15.5 Å². The van der Waals surface area contributed by atoms with Gasteiger partial charge in [0.2, 0.25) is 0 Å². The Balaban J connectivity index is 1.69. The van der Waals surface area contributed by atoms with Gasteiger partial charge in [-0.25, -0.2) is 9.78 Å². The van der Waals surface area contributed by atoms with E-state index in [1.807, 2.05) is 37.4 Å². The molecule has 1 fully saturated rings. The van der Waals surface area contributed by atoms with Gasteiger partial charge < -0.3 is 10.6 Å². The van der Waals surface area contributed by atoms with Gasteiger partial charge in [-0.1, -0.05) is 6.07 Å². The van der Waals surface area contributed by atoms with Crippen LogP contribution in [0, 0.1) is 6.92 Å². The summed E-state index contributed by atoms with van der Waals surface area (Å²) in [5, 5.41) is 7.25. The summed E-state index contributed by atoms with van der Waals surface area (Å²) in [5.41, 5.74) is 1.93. The molecule has 3 rings (SSSR count). The van der Waals surface area contributed by atoms with E-state index in [1.54, 1.807) is 16.2 Å². The molecule has 0 spiro atoms. The summed E-state index contributed by atoms with van der Waals surface area (Å²) >= 11 is 1.69. The first kappa shape index (κ1) is 12.9. The Labute approximate surface area is 121 Å². The van der Waals surface area contributed by atoms with Crippen molar-refractivity contribution in [3.05, 3.63) is 40.3 Å². The molecule has 1 aliphatic heterocycles. The first-order valence-corrected chi connectivity index (χ1v) is 7.34. The van der Waals surface area contributed by atoms with Crippen molar-refractivity contribution in [1.29, 1.82) is 0 Å². The highest BCUT2D eigenvalue weighted by molar-refractivity contribution is 7.11. The fourth-order valence-electron chi connectivity index (χ4n) is 2.18. The number of aromatic nitrogens is 1. The van der Waals surface area contributed by atoms with Crippen molar-refractivity contribution in [1.82, 2.24) is 10.3 Å². The van der Waals surface area contributed by atoms with Crippen LogP contribution in [-0.2, 0) is 6.54 Å². The predicted molar refractivity (Wildman–Crippen MR) is 81.4 cm³/mol. The number of hydrogen-bond donors (Lipinski definition) is 2. The highest BCUT2D eigenvalue weighted by Gasteiger charge is 2.20. The standard InChI is InChI=1S/C14H16N4OS/c1-10-16-8-13(20-10)9-17-11-3-2-4-12(7-11)18-6-5-15-14(18)19/h2-4,7-8,17H,5-6,9H2,1H3,(H,15,19). The minimum atomic E-state index is -0.0276. The summed E-state index contributed by atoms with van der Waals surface area (Å²) in [6.45, 7) is 4.18. The van der Waals surface area contributed by atoms with E-state index in [0.717, 1.165) is 29.5 Å². The molecule has 5 nitrogen and oxygen atoms in total. The van der Waals surface area contributed by atoms with Gasteiger partial charge >= 0.3 is 6.03 Å². The molecule has 0 saturated carbocycles. The van der Waals surface area contributed by atoms with Gasteiger partial charge in [-0.3, -0.25) is 4.90 Å². The van der Waals surface area contributed by atoms with Crippen LogP contribution in [-0.4, -0.2) is 24.1 Å². The summed E-state index contributed by atoms with van der Waals surface area (Å²) in [4.78, 5) is 18.8. The van der Waals surface area contributed by atoms with Crippen molar-refractivity contribution in [3.8, 4) is 0 Å². The van der Waals surface area contributed by atoms with E-state index >= 15 is 0 Å². The van der Waals surface area contributed by atoms with E-state index in [0.29, 0.717) is 6.54 Å². The number of rotatable bonds is 4. The molecule has 0 bridgehead atoms. The highest BCUT2D eigenvalue weighted by atomic mass is 32.1. The SMILES string of the molecule is Cc1ncc(CNc2cccc(N3CCNC3=O)c2)s1. The van der Waals surface area contributed by atoms with Crippen molar-refractivity contribution >= 4 is 28.7 Å². The molecule has 20 heavy (non-hydrogen) atoms. The van der Waals surface area contributed by atoms with Crippen LogP contribution in [0.2, 0.25) is 0 Å². The Hall–Kier alpha value is -2.08. The van der Waals surface area contributed by atoms with E-state index in [1.165, 1.54) is 4.88 Å². The smallest absolute Gasteiger partial charge is 0.321 e.